The highest BCUT2D eigenvalue weighted by atomic mass is 16.5. The molecule has 3 rings (SSSR count). The molecule has 6 nitrogen and oxygen atoms in total. The number of carbonyl (C=O) groups excluding carboxylic acids is 1. The van der Waals surface area contributed by atoms with Crippen LogP contribution in [0.2, 0.25) is 0 Å². The van der Waals surface area contributed by atoms with Crippen molar-refractivity contribution in [2.45, 2.75) is 39.2 Å². The molecule has 0 radical (unpaired) electrons. The summed E-state index contributed by atoms with van der Waals surface area (Å²) in [6.45, 7) is 10.6. The molecule has 1 atom stereocenters. The standard InChI is InChI=1S/C18H25N3O3/c1-12(16(22)21-7-9-23-10-8-21)19-13-5-6-15-14(11-13)20-17(24-15)18(2,3)4/h5-6,11-12,19H,7-10H2,1-4H3/t12-/m1/s1. The summed E-state index contributed by atoms with van der Waals surface area (Å²) in [4.78, 5) is 18.9. The molecule has 1 aromatic heterocycles. The number of carbonyl (C=O) groups is 1. The van der Waals surface area contributed by atoms with Crippen LogP contribution in [0.4, 0.5) is 5.69 Å². The summed E-state index contributed by atoms with van der Waals surface area (Å²) in [6.07, 6.45) is 0. The maximum Gasteiger partial charge on any atom is 0.244 e. The molecule has 1 fully saturated rings. The maximum absolute atomic E-state index is 12.5. The number of hydrogen-bond donors (Lipinski definition) is 1. The first-order valence-electron chi connectivity index (χ1n) is 8.39. The Balaban J connectivity index is 1.73. The van der Waals surface area contributed by atoms with Gasteiger partial charge in [0.15, 0.2) is 5.58 Å². The van der Waals surface area contributed by atoms with E-state index in [1.165, 1.54) is 0 Å². The molecule has 1 saturated heterocycles. The summed E-state index contributed by atoms with van der Waals surface area (Å²) in [6, 6.07) is 5.45. The number of benzene rings is 1. The fourth-order valence-corrected chi connectivity index (χ4v) is 2.71. The zero-order chi connectivity index (χ0) is 17.3. The van der Waals surface area contributed by atoms with Crippen molar-refractivity contribution >= 4 is 22.7 Å². The Morgan fingerprint density at radius 2 is 2.00 bits per heavy atom. The van der Waals surface area contributed by atoms with Crippen LogP contribution >= 0.6 is 0 Å². The number of rotatable bonds is 3. The van der Waals surface area contributed by atoms with Gasteiger partial charge in [0, 0.05) is 24.2 Å². The van der Waals surface area contributed by atoms with Crippen LogP contribution < -0.4 is 5.32 Å². The molecule has 0 aliphatic carbocycles. The topological polar surface area (TPSA) is 67.6 Å². The fourth-order valence-electron chi connectivity index (χ4n) is 2.71. The van der Waals surface area contributed by atoms with Crippen molar-refractivity contribution in [1.82, 2.24) is 9.88 Å². The number of morpholine rings is 1. The van der Waals surface area contributed by atoms with Gasteiger partial charge in [-0.3, -0.25) is 4.79 Å². The van der Waals surface area contributed by atoms with Gasteiger partial charge in [0.2, 0.25) is 11.8 Å². The molecule has 2 aromatic rings. The summed E-state index contributed by atoms with van der Waals surface area (Å²) in [5, 5.41) is 3.27. The van der Waals surface area contributed by atoms with E-state index >= 15 is 0 Å². The third-order valence-corrected chi connectivity index (χ3v) is 4.11. The number of amides is 1. The number of aromatic nitrogens is 1. The molecule has 0 saturated carbocycles. The van der Waals surface area contributed by atoms with Gasteiger partial charge in [0.25, 0.3) is 0 Å². The Morgan fingerprint density at radius 1 is 1.29 bits per heavy atom. The van der Waals surface area contributed by atoms with Gasteiger partial charge >= 0.3 is 0 Å². The highest BCUT2D eigenvalue weighted by Crippen LogP contribution is 2.27. The van der Waals surface area contributed by atoms with Crippen LogP contribution in [0.3, 0.4) is 0 Å². The third kappa shape index (κ3) is 3.53. The predicted molar refractivity (Wildman–Crippen MR) is 93.2 cm³/mol. The van der Waals surface area contributed by atoms with Crippen molar-refractivity contribution in [2.24, 2.45) is 0 Å². The molecule has 1 aliphatic heterocycles. The lowest BCUT2D eigenvalue weighted by Gasteiger charge is -2.29. The quantitative estimate of drug-likeness (QED) is 0.937. The second kappa shape index (κ2) is 6.43. The zero-order valence-corrected chi connectivity index (χ0v) is 14.8. The van der Waals surface area contributed by atoms with Crippen molar-refractivity contribution in [1.29, 1.82) is 0 Å². The van der Waals surface area contributed by atoms with Crippen LogP contribution in [0.25, 0.3) is 11.1 Å². The average Bonchev–Trinajstić information content (AvgIpc) is 2.98. The van der Waals surface area contributed by atoms with E-state index in [0.29, 0.717) is 32.2 Å². The first-order valence-corrected chi connectivity index (χ1v) is 8.39. The molecule has 6 heteroatoms. The molecule has 1 N–H and O–H groups in total. The monoisotopic (exact) mass is 331 g/mol. The summed E-state index contributed by atoms with van der Waals surface area (Å²) in [5.41, 5.74) is 2.30. The van der Waals surface area contributed by atoms with E-state index in [2.05, 4.69) is 31.1 Å². The predicted octanol–water partition coefficient (Wildman–Crippen LogP) is 2.78. The van der Waals surface area contributed by atoms with Gasteiger partial charge < -0.3 is 19.4 Å². The summed E-state index contributed by atoms with van der Waals surface area (Å²) >= 11 is 0. The van der Waals surface area contributed by atoms with Gasteiger partial charge in [-0.25, -0.2) is 4.98 Å². The number of anilines is 1. The minimum Gasteiger partial charge on any atom is -0.440 e. The van der Waals surface area contributed by atoms with Gasteiger partial charge in [-0.15, -0.1) is 0 Å². The number of ether oxygens (including phenoxy) is 1. The largest absolute Gasteiger partial charge is 0.440 e. The van der Waals surface area contributed by atoms with E-state index in [0.717, 1.165) is 16.8 Å². The molecule has 1 amide bonds. The van der Waals surface area contributed by atoms with Crippen molar-refractivity contribution in [3.63, 3.8) is 0 Å². The molecule has 1 aliphatic rings. The normalized spacial score (nSPS) is 17.1. The van der Waals surface area contributed by atoms with Crippen molar-refractivity contribution in [2.75, 3.05) is 31.6 Å². The summed E-state index contributed by atoms with van der Waals surface area (Å²) < 4.78 is 11.1. The summed E-state index contributed by atoms with van der Waals surface area (Å²) in [5.74, 6) is 0.807. The van der Waals surface area contributed by atoms with E-state index in [1.807, 2.05) is 30.0 Å². The van der Waals surface area contributed by atoms with Crippen LogP contribution in [-0.4, -0.2) is 48.1 Å². The minimum absolute atomic E-state index is 0.0916. The number of nitrogens with one attached hydrogen (secondary N) is 1. The van der Waals surface area contributed by atoms with E-state index in [1.54, 1.807) is 0 Å². The molecule has 0 bridgehead atoms. The van der Waals surface area contributed by atoms with Crippen LogP contribution in [0.15, 0.2) is 22.6 Å². The number of nitrogens with zero attached hydrogens (tertiary/aromatic N) is 2. The second-order valence-electron chi connectivity index (χ2n) is 7.26. The van der Waals surface area contributed by atoms with Crippen LogP contribution in [-0.2, 0) is 14.9 Å². The van der Waals surface area contributed by atoms with Gasteiger partial charge in [-0.1, -0.05) is 20.8 Å². The highest BCUT2D eigenvalue weighted by Gasteiger charge is 2.23. The Morgan fingerprint density at radius 3 is 2.67 bits per heavy atom. The van der Waals surface area contributed by atoms with E-state index in [4.69, 9.17) is 9.15 Å². The molecule has 1 aromatic carbocycles. The Hall–Kier alpha value is -2.08. The lowest BCUT2D eigenvalue weighted by molar-refractivity contribution is -0.135. The first-order chi connectivity index (χ1) is 11.3. The molecule has 24 heavy (non-hydrogen) atoms. The van der Waals surface area contributed by atoms with Crippen molar-refractivity contribution < 1.29 is 13.9 Å². The van der Waals surface area contributed by atoms with E-state index in [-0.39, 0.29) is 17.4 Å². The Kier molecular flexibility index (Phi) is 4.49. The number of fused-ring (bicyclic) bond motifs is 1. The lowest BCUT2D eigenvalue weighted by Crippen LogP contribution is -2.46. The zero-order valence-electron chi connectivity index (χ0n) is 14.8. The lowest BCUT2D eigenvalue weighted by atomic mass is 9.97. The minimum atomic E-state index is -0.297. The third-order valence-electron chi connectivity index (χ3n) is 4.11. The first kappa shape index (κ1) is 16.8. The fraction of sp³-hybridized carbons (Fsp3) is 0.556. The summed E-state index contributed by atoms with van der Waals surface area (Å²) in [7, 11) is 0. The second-order valence-corrected chi connectivity index (χ2v) is 7.26. The molecule has 0 unspecified atom stereocenters. The average molecular weight is 331 g/mol. The number of oxazole rings is 1. The maximum atomic E-state index is 12.5. The Bertz CT molecular complexity index is 727. The van der Waals surface area contributed by atoms with Crippen molar-refractivity contribution in [3.8, 4) is 0 Å². The smallest absolute Gasteiger partial charge is 0.244 e. The van der Waals surface area contributed by atoms with Gasteiger partial charge in [-0.2, -0.15) is 0 Å². The van der Waals surface area contributed by atoms with Gasteiger partial charge in [0.1, 0.15) is 11.6 Å². The molecular formula is C18H25N3O3. The highest BCUT2D eigenvalue weighted by molar-refractivity contribution is 5.85. The Labute approximate surface area is 142 Å². The molecule has 2 heterocycles. The van der Waals surface area contributed by atoms with Crippen molar-refractivity contribution in [3.05, 3.63) is 24.1 Å². The van der Waals surface area contributed by atoms with Crippen LogP contribution in [0.5, 0.6) is 0 Å². The molecule has 0 spiro atoms. The van der Waals surface area contributed by atoms with Gasteiger partial charge in [0.05, 0.1) is 13.2 Å². The molecular weight excluding hydrogens is 306 g/mol. The van der Waals surface area contributed by atoms with E-state index in [9.17, 15) is 4.79 Å². The number of hydrogen-bond acceptors (Lipinski definition) is 5. The molecule has 130 valence electrons. The van der Waals surface area contributed by atoms with Crippen LogP contribution in [0.1, 0.15) is 33.6 Å². The SMILES string of the molecule is C[C@@H](Nc1ccc2oc(C(C)(C)C)nc2c1)C(=O)N1CCOCC1. The van der Waals surface area contributed by atoms with Gasteiger partial charge in [-0.05, 0) is 25.1 Å². The van der Waals surface area contributed by atoms with E-state index < -0.39 is 0 Å². The van der Waals surface area contributed by atoms with Crippen LogP contribution in [0, 0.1) is 0 Å².